The second-order valence-corrected chi connectivity index (χ2v) is 10.6. The summed E-state index contributed by atoms with van der Waals surface area (Å²) in [5, 5.41) is 3.87. The van der Waals surface area contributed by atoms with Crippen molar-refractivity contribution in [1.82, 2.24) is 10.2 Å². The van der Waals surface area contributed by atoms with E-state index in [4.69, 9.17) is 11.6 Å². The van der Waals surface area contributed by atoms with Gasteiger partial charge in [0.05, 0.1) is 10.6 Å². The lowest BCUT2D eigenvalue weighted by Crippen LogP contribution is -2.59. The summed E-state index contributed by atoms with van der Waals surface area (Å²) < 4.78 is 0. The van der Waals surface area contributed by atoms with Crippen LogP contribution in [0.5, 0.6) is 0 Å². The van der Waals surface area contributed by atoms with E-state index in [9.17, 15) is 9.59 Å². The predicted octanol–water partition coefficient (Wildman–Crippen LogP) is 6.51. The first-order valence-electron chi connectivity index (χ1n) is 13.0. The highest BCUT2D eigenvalue weighted by atomic mass is 35.5. The van der Waals surface area contributed by atoms with Gasteiger partial charge in [-0.05, 0) is 56.6 Å². The summed E-state index contributed by atoms with van der Waals surface area (Å²) in [7, 11) is 0. The number of hydrogen-bond donors (Lipinski definition) is 1. The molecule has 2 amide bonds. The van der Waals surface area contributed by atoms with E-state index in [0.29, 0.717) is 10.6 Å². The highest BCUT2D eigenvalue weighted by Crippen LogP contribution is 2.35. The minimum Gasteiger partial charge on any atom is -0.352 e. The minimum atomic E-state index is -0.385. The molecule has 1 aromatic rings. The predicted molar refractivity (Wildman–Crippen MR) is 130 cm³/mol. The molecule has 3 fully saturated rings. The summed E-state index contributed by atoms with van der Waals surface area (Å²) in [6.45, 7) is 0. The van der Waals surface area contributed by atoms with Gasteiger partial charge in [0, 0.05) is 12.1 Å². The molecule has 0 aliphatic heterocycles. The zero-order valence-electron chi connectivity index (χ0n) is 19.4. The van der Waals surface area contributed by atoms with Crippen molar-refractivity contribution in [3.05, 3.63) is 34.9 Å². The third-order valence-corrected chi connectivity index (χ3v) is 8.25. The average molecular weight is 459 g/mol. The van der Waals surface area contributed by atoms with Gasteiger partial charge in [-0.25, -0.2) is 0 Å². The van der Waals surface area contributed by atoms with E-state index in [2.05, 4.69) is 5.32 Å². The van der Waals surface area contributed by atoms with Crippen LogP contribution in [0.2, 0.25) is 5.02 Å². The molecular formula is C27H39ClN2O2. The maximum absolute atomic E-state index is 14.0. The molecule has 0 radical (unpaired) electrons. The van der Waals surface area contributed by atoms with Gasteiger partial charge in [0.2, 0.25) is 5.91 Å². The molecule has 32 heavy (non-hydrogen) atoms. The van der Waals surface area contributed by atoms with Gasteiger partial charge in [-0.15, -0.1) is 0 Å². The molecule has 0 spiro atoms. The molecule has 176 valence electrons. The molecule has 0 bridgehead atoms. The van der Waals surface area contributed by atoms with Crippen molar-refractivity contribution < 1.29 is 9.59 Å². The number of hydrogen-bond acceptors (Lipinski definition) is 2. The number of nitrogens with zero attached hydrogens (tertiary/aromatic N) is 1. The Kier molecular flexibility index (Phi) is 8.51. The molecule has 3 saturated carbocycles. The second-order valence-electron chi connectivity index (χ2n) is 10.2. The van der Waals surface area contributed by atoms with Crippen LogP contribution in [0.15, 0.2) is 24.3 Å². The maximum Gasteiger partial charge on any atom is 0.256 e. The van der Waals surface area contributed by atoms with Crippen molar-refractivity contribution in [2.45, 2.75) is 114 Å². The van der Waals surface area contributed by atoms with Crippen LogP contribution in [0.4, 0.5) is 0 Å². The zero-order valence-corrected chi connectivity index (χ0v) is 20.1. The van der Waals surface area contributed by atoms with Gasteiger partial charge in [-0.1, -0.05) is 81.5 Å². The SMILES string of the molecule is O=C(NC1CCCCC1)C(C1CCCCC1)N(C(=O)c1ccccc1Cl)C1CCCCC1. The first-order valence-corrected chi connectivity index (χ1v) is 13.4. The molecule has 4 nitrogen and oxygen atoms in total. The molecular weight excluding hydrogens is 420 g/mol. The van der Waals surface area contributed by atoms with Crippen LogP contribution < -0.4 is 5.32 Å². The van der Waals surface area contributed by atoms with E-state index in [1.54, 1.807) is 6.07 Å². The first kappa shape index (κ1) is 23.6. The van der Waals surface area contributed by atoms with Gasteiger partial charge < -0.3 is 10.2 Å². The summed E-state index contributed by atoms with van der Waals surface area (Å²) >= 11 is 6.48. The molecule has 1 atom stereocenters. The first-order chi connectivity index (χ1) is 15.6. The fourth-order valence-electron chi connectivity index (χ4n) is 6.20. The van der Waals surface area contributed by atoms with Crippen molar-refractivity contribution in [1.29, 1.82) is 0 Å². The van der Waals surface area contributed by atoms with E-state index < -0.39 is 0 Å². The van der Waals surface area contributed by atoms with Gasteiger partial charge in [0.25, 0.3) is 5.91 Å². The Morgan fingerprint density at radius 3 is 2.00 bits per heavy atom. The summed E-state index contributed by atoms with van der Waals surface area (Å²) in [6.07, 6.45) is 16.8. The van der Waals surface area contributed by atoms with Crippen LogP contribution >= 0.6 is 11.6 Å². The lowest BCUT2D eigenvalue weighted by Gasteiger charge is -2.44. The number of rotatable bonds is 6. The quantitative estimate of drug-likeness (QED) is 0.528. The number of carbonyl (C=O) groups excluding carboxylic acids is 2. The molecule has 1 unspecified atom stereocenters. The van der Waals surface area contributed by atoms with E-state index in [1.807, 2.05) is 23.1 Å². The monoisotopic (exact) mass is 458 g/mol. The molecule has 5 heteroatoms. The smallest absolute Gasteiger partial charge is 0.256 e. The fraction of sp³-hybridized carbons (Fsp3) is 0.704. The molecule has 0 heterocycles. The summed E-state index contributed by atoms with van der Waals surface area (Å²) in [4.78, 5) is 29.9. The molecule has 1 aromatic carbocycles. The third kappa shape index (κ3) is 5.68. The largest absolute Gasteiger partial charge is 0.352 e. The summed E-state index contributed by atoms with van der Waals surface area (Å²) in [5.74, 6) is 0.257. The second kappa shape index (κ2) is 11.5. The van der Waals surface area contributed by atoms with E-state index in [-0.39, 0.29) is 35.9 Å². The minimum absolute atomic E-state index is 0.0585. The number of amides is 2. The van der Waals surface area contributed by atoms with Gasteiger partial charge in [-0.2, -0.15) is 0 Å². The molecule has 1 N–H and O–H groups in total. The van der Waals surface area contributed by atoms with Crippen molar-refractivity contribution in [3.8, 4) is 0 Å². The average Bonchev–Trinajstić information content (AvgIpc) is 2.84. The van der Waals surface area contributed by atoms with Gasteiger partial charge in [-0.3, -0.25) is 9.59 Å². The van der Waals surface area contributed by atoms with Crippen LogP contribution in [-0.4, -0.2) is 34.8 Å². The summed E-state index contributed by atoms with van der Waals surface area (Å²) in [5.41, 5.74) is 0.533. The van der Waals surface area contributed by atoms with Crippen molar-refractivity contribution in [2.24, 2.45) is 5.92 Å². The lowest BCUT2D eigenvalue weighted by atomic mass is 9.80. The van der Waals surface area contributed by atoms with E-state index in [1.165, 1.54) is 32.1 Å². The van der Waals surface area contributed by atoms with Gasteiger partial charge >= 0.3 is 0 Å². The number of nitrogens with one attached hydrogen (secondary N) is 1. The van der Waals surface area contributed by atoms with E-state index >= 15 is 0 Å². The summed E-state index contributed by atoms with van der Waals surface area (Å²) in [6, 6.07) is 7.32. The van der Waals surface area contributed by atoms with Gasteiger partial charge in [0.15, 0.2) is 0 Å². The number of carbonyl (C=O) groups is 2. The van der Waals surface area contributed by atoms with Crippen LogP contribution in [0, 0.1) is 5.92 Å². The molecule has 0 aromatic heterocycles. The van der Waals surface area contributed by atoms with Crippen molar-refractivity contribution >= 4 is 23.4 Å². The molecule has 3 aliphatic carbocycles. The Morgan fingerprint density at radius 2 is 1.38 bits per heavy atom. The standard InChI is InChI=1S/C27H39ClN2O2/c28-24-19-11-10-18-23(24)27(32)30(22-16-8-3-9-17-22)25(20-12-4-1-5-13-20)26(31)29-21-14-6-2-7-15-21/h10-11,18-22,25H,1-9,12-17H2,(H,29,31). The molecule has 0 saturated heterocycles. The Bertz CT molecular complexity index is 765. The number of halogens is 1. The van der Waals surface area contributed by atoms with Crippen molar-refractivity contribution in [3.63, 3.8) is 0 Å². The zero-order chi connectivity index (χ0) is 22.3. The topological polar surface area (TPSA) is 49.4 Å². The Hall–Kier alpha value is -1.55. The van der Waals surface area contributed by atoms with Crippen LogP contribution in [0.3, 0.4) is 0 Å². The van der Waals surface area contributed by atoms with Crippen LogP contribution in [0.1, 0.15) is 107 Å². The Balaban J connectivity index is 1.66. The Labute approximate surface area is 198 Å². The van der Waals surface area contributed by atoms with E-state index in [0.717, 1.165) is 64.2 Å². The normalized spacial score (nSPS) is 22.3. The third-order valence-electron chi connectivity index (χ3n) is 7.92. The highest BCUT2D eigenvalue weighted by molar-refractivity contribution is 6.33. The number of benzene rings is 1. The highest BCUT2D eigenvalue weighted by Gasteiger charge is 2.42. The molecule has 4 rings (SSSR count). The lowest BCUT2D eigenvalue weighted by molar-refractivity contribution is -0.130. The van der Waals surface area contributed by atoms with Gasteiger partial charge in [0.1, 0.15) is 6.04 Å². The molecule has 3 aliphatic rings. The van der Waals surface area contributed by atoms with Crippen LogP contribution in [-0.2, 0) is 4.79 Å². The fourth-order valence-corrected chi connectivity index (χ4v) is 6.42. The maximum atomic E-state index is 14.0. The van der Waals surface area contributed by atoms with Crippen LogP contribution in [0.25, 0.3) is 0 Å². The van der Waals surface area contributed by atoms with Crippen molar-refractivity contribution in [2.75, 3.05) is 0 Å². The Morgan fingerprint density at radius 1 is 0.812 bits per heavy atom.